The Morgan fingerprint density at radius 2 is 1.85 bits per heavy atom. The maximum absolute atomic E-state index is 12.8. The topological polar surface area (TPSA) is 46.8 Å². The molecule has 4 nitrogen and oxygen atoms in total. The smallest absolute Gasteiger partial charge is 0.249 e. The second-order valence-electron chi connectivity index (χ2n) is 6.06. The molecular formula is C21H17ClN3O+. The molecule has 128 valence electrons. The summed E-state index contributed by atoms with van der Waals surface area (Å²) >= 11 is 6.26. The molecule has 0 bridgehead atoms. The van der Waals surface area contributed by atoms with Crippen LogP contribution in [0.15, 0.2) is 77.9 Å². The highest BCUT2D eigenvalue weighted by Crippen LogP contribution is 2.30. The van der Waals surface area contributed by atoms with E-state index in [1.54, 1.807) is 4.90 Å². The van der Waals surface area contributed by atoms with E-state index in [1.165, 1.54) is 0 Å². The third kappa shape index (κ3) is 3.24. The van der Waals surface area contributed by atoms with Crippen LogP contribution in [0, 0.1) is 0 Å². The van der Waals surface area contributed by atoms with Crippen LogP contribution in [-0.2, 0) is 11.3 Å². The molecule has 0 unspecified atom stereocenters. The van der Waals surface area contributed by atoms with Gasteiger partial charge >= 0.3 is 0 Å². The monoisotopic (exact) mass is 362 g/mol. The second kappa shape index (κ2) is 7.10. The molecule has 1 amide bonds. The Morgan fingerprint density at radius 3 is 2.62 bits per heavy atom. The van der Waals surface area contributed by atoms with E-state index < -0.39 is 0 Å². The Morgan fingerprint density at radius 1 is 1.04 bits per heavy atom. The zero-order valence-corrected chi connectivity index (χ0v) is 14.8. The van der Waals surface area contributed by atoms with E-state index in [4.69, 9.17) is 11.6 Å². The normalized spacial score (nSPS) is 13.8. The van der Waals surface area contributed by atoms with Gasteiger partial charge in [-0.1, -0.05) is 48.0 Å². The predicted octanol–water partition coefficient (Wildman–Crippen LogP) is 3.54. The van der Waals surface area contributed by atoms with E-state index >= 15 is 0 Å². The minimum atomic E-state index is -0.0447. The van der Waals surface area contributed by atoms with Crippen molar-refractivity contribution in [3.05, 3.63) is 94.8 Å². The van der Waals surface area contributed by atoms with E-state index in [0.29, 0.717) is 11.6 Å². The lowest BCUT2D eigenvalue weighted by Gasteiger charge is -2.21. The lowest BCUT2D eigenvalue weighted by atomic mass is 10.00. The lowest BCUT2D eigenvalue weighted by Crippen LogP contribution is -2.34. The first-order valence-electron chi connectivity index (χ1n) is 8.38. The van der Waals surface area contributed by atoms with Gasteiger partial charge < -0.3 is 0 Å². The number of benzodiazepines with no additional fused rings is 1. The van der Waals surface area contributed by atoms with Gasteiger partial charge in [0.1, 0.15) is 13.1 Å². The van der Waals surface area contributed by atoms with Crippen molar-refractivity contribution in [2.75, 3.05) is 11.4 Å². The van der Waals surface area contributed by atoms with Crippen molar-refractivity contribution >= 4 is 28.9 Å². The highest BCUT2D eigenvalue weighted by atomic mass is 35.5. The van der Waals surface area contributed by atoms with Crippen molar-refractivity contribution in [2.45, 2.75) is 6.54 Å². The molecule has 2 heterocycles. The van der Waals surface area contributed by atoms with Crippen LogP contribution in [0.2, 0.25) is 5.02 Å². The van der Waals surface area contributed by atoms with E-state index in [1.807, 2.05) is 72.9 Å². The minimum Gasteiger partial charge on any atom is -0.300 e. The number of nitrogens with zero attached hydrogens (tertiary/aromatic N) is 2. The van der Waals surface area contributed by atoms with Crippen molar-refractivity contribution < 1.29 is 9.78 Å². The molecule has 1 aromatic heterocycles. The van der Waals surface area contributed by atoms with Crippen molar-refractivity contribution in [3.8, 4) is 0 Å². The molecule has 0 spiro atoms. The first-order valence-corrected chi connectivity index (χ1v) is 8.76. The molecule has 0 atom stereocenters. The lowest BCUT2D eigenvalue weighted by molar-refractivity contribution is -0.390. The number of anilines is 1. The van der Waals surface area contributed by atoms with Crippen molar-refractivity contribution in [1.29, 1.82) is 0 Å². The molecule has 3 aromatic rings. The molecule has 2 aromatic carbocycles. The number of hydrogen-bond acceptors (Lipinski definition) is 2. The average Bonchev–Trinajstić information content (AvgIpc) is 2.80. The van der Waals surface area contributed by atoms with Crippen LogP contribution in [0.4, 0.5) is 5.69 Å². The van der Waals surface area contributed by atoms with Crippen molar-refractivity contribution in [2.24, 2.45) is 4.99 Å². The summed E-state index contributed by atoms with van der Waals surface area (Å²) in [6, 6.07) is 21.3. The van der Waals surface area contributed by atoms with E-state index in [-0.39, 0.29) is 12.5 Å². The SMILES string of the molecule is O=C1CN=C(c2ccccc2)c2cc(Cl)ccc2N1Cc1cccc[nH+]1. The molecule has 4 rings (SSSR count). The second-order valence-corrected chi connectivity index (χ2v) is 6.50. The Hall–Kier alpha value is -2.98. The Balaban J connectivity index is 1.83. The number of fused-ring (bicyclic) bond motifs is 1. The summed E-state index contributed by atoms with van der Waals surface area (Å²) in [4.78, 5) is 22.4. The summed E-state index contributed by atoms with van der Waals surface area (Å²) in [6.07, 6.45) is 1.85. The predicted molar refractivity (Wildman–Crippen MR) is 103 cm³/mol. The molecule has 0 saturated carbocycles. The van der Waals surface area contributed by atoms with Gasteiger partial charge in [-0.15, -0.1) is 0 Å². The average molecular weight is 363 g/mol. The highest BCUT2D eigenvalue weighted by molar-refractivity contribution is 6.32. The zero-order chi connectivity index (χ0) is 17.9. The number of carbonyl (C=O) groups excluding carboxylic acids is 1. The zero-order valence-electron chi connectivity index (χ0n) is 14.0. The molecular weight excluding hydrogens is 346 g/mol. The first-order chi connectivity index (χ1) is 12.7. The van der Waals surface area contributed by atoms with Crippen LogP contribution >= 0.6 is 11.6 Å². The van der Waals surface area contributed by atoms with Crippen LogP contribution < -0.4 is 9.88 Å². The molecule has 1 N–H and O–H groups in total. The summed E-state index contributed by atoms with van der Waals surface area (Å²) in [6.45, 7) is 0.551. The Labute approximate surface area is 156 Å². The number of aromatic amines is 1. The number of H-pyrrole nitrogens is 1. The van der Waals surface area contributed by atoms with Gasteiger partial charge in [-0.05, 0) is 18.2 Å². The van der Waals surface area contributed by atoms with Gasteiger partial charge in [0.2, 0.25) is 5.91 Å². The molecule has 1 aliphatic heterocycles. The largest absolute Gasteiger partial charge is 0.300 e. The third-order valence-corrected chi connectivity index (χ3v) is 4.56. The van der Waals surface area contributed by atoms with Gasteiger partial charge in [0, 0.05) is 28.3 Å². The fourth-order valence-corrected chi connectivity index (χ4v) is 3.27. The van der Waals surface area contributed by atoms with Crippen molar-refractivity contribution in [1.82, 2.24) is 0 Å². The molecule has 5 heteroatoms. The number of aromatic nitrogens is 1. The van der Waals surface area contributed by atoms with Crippen LogP contribution in [-0.4, -0.2) is 18.2 Å². The van der Waals surface area contributed by atoms with E-state index in [0.717, 1.165) is 28.2 Å². The summed E-state index contributed by atoms with van der Waals surface area (Å²) < 4.78 is 0. The number of nitrogens with one attached hydrogen (secondary N) is 1. The van der Waals surface area contributed by atoms with Crippen molar-refractivity contribution in [3.63, 3.8) is 0 Å². The van der Waals surface area contributed by atoms with E-state index in [2.05, 4.69) is 9.98 Å². The quantitative estimate of drug-likeness (QED) is 0.703. The molecule has 0 radical (unpaired) electrons. The molecule has 0 saturated heterocycles. The number of amides is 1. The van der Waals surface area contributed by atoms with Gasteiger partial charge in [0.05, 0.1) is 11.4 Å². The molecule has 1 aliphatic rings. The molecule has 0 fully saturated rings. The Kier molecular flexibility index (Phi) is 4.50. The summed E-state index contributed by atoms with van der Waals surface area (Å²) in [5, 5.41) is 0.618. The summed E-state index contributed by atoms with van der Waals surface area (Å²) in [7, 11) is 0. The number of benzene rings is 2. The van der Waals surface area contributed by atoms with Gasteiger partial charge in [-0.2, -0.15) is 0 Å². The molecule has 0 aliphatic carbocycles. The van der Waals surface area contributed by atoms with Gasteiger partial charge in [-0.25, -0.2) is 4.98 Å². The number of halogens is 1. The Bertz CT molecular complexity index is 971. The minimum absolute atomic E-state index is 0.0447. The number of carbonyl (C=O) groups is 1. The number of hydrogen-bond donors (Lipinski definition) is 0. The van der Waals surface area contributed by atoms with Crippen LogP contribution in [0.3, 0.4) is 0 Å². The summed E-state index contributed by atoms with van der Waals surface area (Å²) in [5.41, 5.74) is 4.39. The van der Waals surface area contributed by atoms with E-state index in [9.17, 15) is 4.79 Å². The standard InChI is InChI=1S/C21H16ClN3O/c22-16-9-10-19-18(12-16)21(15-6-2-1-3-7-15)24-13-20(26)25(19)14-17-8-4-5-11-23-17/h1-12H,13-14H2/p+1. The van der Waals surface area contributed by atoms with Crippen LogP contribution in [0.5, 0.6) is 0 Å². The number of aliphatic imine (C=N–C) groups is 1. The van der Waals surface area contributed by atoms with Gasteiger partial charge in [0.15, 0.2) is 11.9 Å². The molecule has 26 heavy (non-hydrogen) atoms. The maximum Gasteiger partial charge on any atom is 0.249 e. The highest BCUT2D eigenvalue weighted by Gasteiger charge is 2.26. The first kappa shape index (κ1) is 16.5. The van der Waals surface area contributed by atoms with Gasteiger partial charge in [-0.3, -0.25) is 14.7 Å². The third-order valence-electron chi connectivity index (χ3n) is 4.33. The number of pyridine rings is 1. The number of rotatable bonds is 3. The van der Waals surface area contributed by atoms with Crippen LogP contribution in [0.25, 0.3) is 0 Å². The fraction of sp³-hybridized carbons (Fsp3) is 0.0952. The maximum atomic E-state index is 12.8. The van der Waals surface area contributed by atoms with Gasteiger partial charge in [0.25, 0.3) is 0 Å². The van der Waals surface area contributed by atoms with Crippen LogP contribution in [0.1, 0.15) is 16.8 Å². The summed E-state index contributed by atoms with van der Waals surface area (Å²) in [5.74, 6) is -0.0447. The fourth-order valence-electron chi connectivity index (χ4n) is 3.10.